The second-order valence-corrected chi connectivity index (χ2v) is 7.15. The Morgan fingerprint density at radius 2 is 1.88 bits per heavy atom. The molecule has 1 heterocycles. The number of nitrogens with zero attached hydrogens (tertiary/aromatic N) is 1. The Morgan fingerprint density at radius 1 is 1.27 bits per heavy atom. The van der Waals surface area contributed by atoms with Crippen LogP contribution in [0.2, 0.25) is 5.02 Å². The smallest absolute Gasteiger partial charge is 0.349 e. The van der Waals surface area contributed by atoms with Crippen LogP contribution in [-0.2, 0) is 9.53 Å². The second kappa shape index (κ2) is 8.01. The average molecular weight is 398 g/mol. The van der Waals surface area contributed by atoms with Crippen LogP contribution in [0.15, 0.2) is 34.4 Å². The van der Waals surface area contributed by atoms with Gasteiger partial charge in [-0.3, -0.25) is 0 Å². The Morgan fingerprint density at radius 3 is 2.46 bits per heavy atom. The SMILES string of the molecule is CCOC(=O)/C(Cl)=C/c1cc(N2C(O)C3=C(CCCC3)C2O)ccc1Cl. The van der Waals surface area contributed by atoms with Crippen LogP contribution in [0.25, 0.3) is 6.08 Å². The van der Waals surface area contributed by atoms with Crippen LogP contribution in [0.3, 0.4) is 0 Å². The predicted molar refractivity (Wildman–Crippen MR) is 102 cm³/mol. The summed E-state index contributed by atoms with van der Waals surface area (Å²) in [6.45, 7) is 1.92. The molecule has 0 saturated carbocycles. The molecule has 3 rings (SSSR count). The molecular weight excluding hydrogens is 377 g/mol. The van der Waals surface area contributed by atoms with E-state index in [-0.39, 0.29) is 11.6 Å². The van der Waals surface area contributed by atoms with Gasteiger partial charge < -0.3 is 19.8 Å². The van der Waals surface area contributed by atoms with Crippen molar-refractivity contribution in [3.05, 3.63) is 45.0 Å². The van der Waals surface area contributed by atoms with Gasteiger partial charge in [-0.05, 0) is 73.6 Å². The Balaban J connectivity index is 1.91. The minimum absolute atomic E-state index is 0.0918. The largest absolute Gasteiger partial charge is 0.462 e. The highest BCUT2D eigenvalue weighted by atomic mass is 35.5. The number of ether oxygens (including phenoxy) is 1. The first-order valence-corrected chi connectivity index (χ1v) is 9.39. The zero-order chi connectivity index (χ0) is 18.8. The van der Waals surface area contributed by atoms with E-state index in [0.717, 1.165) is 36.8 Å². The normalized spacial score (nSPS) is 23.3. The molecule has 0 radical (unpaired) electrons. The summed E-state index contributed by atoms with van der Waals surface area (Å²) in [7, 11) is 0. The first kappa shape index (κ1) is 19.2. The monoisotopic (exact) mass is 397 g/mol. The number of carbonyl (C=O) groups excluding carboxylic acids is 1. The molecule has 2 unspecified atom stereocenters. The van der Waals surface area contributed by atoms with E-state index in [1.807, 2.05) is 0 Å². The molecule has 5 nitrogen and oxygen atoms in total. The van der Waals surface area contributed by atoms with E-state index in [1.54, 1.807) is 30.0 Å². The Bertz CT molecular complexity index is 753. The molecule has 0 aromatic heterocycles. The first-order chi connectivity index (χ1) is 12.4. The maximum Gasteiger partial charge on any atom is 0.349 e. The topological polar surface area (TPSA) is 70.0 Å². The first-order valence-electron chi connectivity index (χ1n) is 8.64. The number of carbonyl (C=O) groups is 1. The van der Waals surface area contributed by atoms with Gasteiger partial charge >= 0.3 is 5.97 Å². The van der Waals surface area contributed by atoms with Crippen molar-refractivity contribution >= 4 is 40.9 Å². The third-order valence-electron chi connectivity index (χ3n) is 4.74. The van der Waals surface area contributed by atoms with Crippen LogP contribution in [0, 0.1) is 0 Å². The van der Waals surface area contributed by atoms with Gasteiger partial charge in [0, 0.05) is 10.7 Å². The van der Waals surface area contributed by atoms with Gasteiger partial charge in [0.2, 0.25) is 0 Å². The number of anilines is 1. The fourth-order valence-corrected chi connectivity index (χ4v) is 3.84. The van der Waals surface area contributed by atoms with Crippen molar-refractivity contribution in [3.8, 4) is 0 Å². The van der Waals surface area contributed by atoms with Gasteiger partial charge in [0.05, 0.1) is 6.61 Å². The van der Waals surface area contributed by atoms with Crippen molar-refractivity contribution in [2.24, 2.45) is 0 Å². The predicted octanol–water partition coefficient (Wildman–Crippen LogP) is 3.81. The summed E-state index contributed by atoms with van der Waals surface area (Å²) in [5.41, 5.74) is 2.91. The molecule has 1 aromatic rings. The zero-order valence-electron chi connectivity index (χ0n) is 14.4. The van der Waals surface area contributed by atoms with E-state index in [2.05, 4.69) is 0 Å². The summed E-state index contributed by atoms with van der Waals surface area (Å²) in [5.74, 6) is -0.631. The molecule has 0 saturated heterocycles. The van der Waals surface area contributed by atoms with Crippen molar-refractivity contribution in [3.63, 3.8) is 0 Å². The lowest BCUT2D eigenvalue weighted by atomic mass is 9.93. The Kier molecular flexibility index (Phi) is 5.92. The van der Waals surface area contributed by atoms with Gasteiger partial charge in [-0.15, -0.1) is 0 Å². The minimum atomic E-state index is -0.862. The fourth-order valence-electron chi connectivity index (χ4n) is 3.49. The molecule has 1 aliphatic carbocycles. The summed E-state index contributed by atoms with van der Waals surface area (Å²) >= 11 is 12.2. The van der Waals surface area contributed by atoms with Crippen molar-refractivity contribution < 1.29 is 19.7 Å². The van der Waals surface area contributed by atoms with Gasteiger partial charge in [-0.1, -0.05) is 23.2 Å². The van der Waals surface area contributed by atoms with E-state index >= 15 is 0 Å². The number of benzene rings is 1. The van der Waals surface area contributed by atoms with E-state index < -0.39 is 18.4 Å². The Hall–Kier alpha value is -1.53. The lowest BCUT2D eigenvalue weighted by Gasteiger charge is -2.28. The summed E-state index contributed by atoms with van der Waals surface area (Å²) in [4.78, 5) is 13.3. The van der Waals surface area contributed by atoms with E-state index in [9.17, 15) is 15.0 Å². The summed E-state index contributed by atoms with van der Waals surface area (Å²) in [6, 6.07) is 5.06. The molecule has 1 aliphatic heterocycles. The van der Waals surface area contributed by atoms with Gasteiger partial charge in [-0.25, -0.2) is 4.79 Å². The fraction of sp³-hybridized carbons (Fsp3) is 0.421. The summed E-state index contributed by atoms with van der Waals surface area (Å²) in [6.07, 6.45) is 3.31. The number of rotatable bonds is 4. The molecular formula is C19H21Cl2NO4. The molecule has 2 atom stereocenters. The second-order valence-electron chi connectivity index (χ2n) is 6.33. The van der Waals surface area contributed by atoms with E-state index in [0.29, 0.717) is 16.3 Å². The highest BCUT2D eigenvalue weighted by molar-refractivity contribution is 6.43. The molecule has 0 fully saturated rings. The van der Waals surface area contributed by atoms with Gasteiger partial charge in [0.25, 0.3) is 0 Å². The molecule has 0 bridgehead atoms. The number of aliphatic hydroxyl groups excluding tert-OH is 2. The van der Waals surface area contributed by atoms with Gasteiger partial charge in [-0.2, -0.15) is 0 Å². The maximum atomic E-state index is 11.7. The summed E-state index contributed by atoms with van der Waals surface area (Å²) in [5, 5.41) is 21.6. The molecule has 2 aliphatic rings. The molecule has 2 N–H and O–H groups in total. The third-order valence-corrected chi connectivity index (χ3v) is 5.34. The van der Waals surface area contributed by atoms with Crippen molar-refractivity contribution in [1.29, 1.82) is 0 Å². The molecule has 0 spiro atoms. The van der Waals surface area contributed by atoms with E-state index in [1.165, 1.54) is 6.08 Å². The highest BCUT2D eigenvalue weighted by Gasteiger charge is 2.39. The zero-order valence-corrected chi connectivity index (χ0v) is 15.9. The Labute approximate surface area is 162 Å². The molecule has 26 heavy (non-hydrogen) atoms. The van der Waals surface area contributed by atoms with Crippen LogP contribution in [0.1, 0.15) is 38.2 Å². The number of halogens is 2. The van der Waals surface area contributed by atoms with Crippen LogP contribution in [0.5, 0.6) is 0 Å². The van der Waals surface area contributed by atoms with Crippen molar-refractivity contribution in [2.75, 3.05) is 11.5 Å². The van der Waals surface area contributed by atoms with Gasteiger partial charge in [0.1, 0.15) is 5.03 Å². The van der Waals surface area contributed by atoms with Crippen molar-refractivity contribution in [1.82, 2.24) is 0 Å². The quantitative estimate of drug-likeness (QED) is 0.459. The standard InChI is InChI=1S/C19H21Cl2NO4/c1-2-26-19(25)16(21)10-11-9-12(7-8-15(11)20)22-17(23)13-5-3-4-6-14(13)18(22)24/h7-10,17-18,23-24H,2-6H2,1H3/b16-10-. The van der Waals surface area contributed by atoms with Crippen LogP contribution in [-0.4, -0.2) is 35.2 Å². The molecule has 7 heteroatoms. The number of esters is 1. The van der Waals surface area contributed by atoms with Crippen molar-refractivity contribution in [2.45, 2.75) is 45.1 Å². The van der Waals surface area contributed by atoms with E-state index in [4.69, 9.17) is 27.9 Å². The lowest BCUT2D eigenvalue weighted by molar-refractivity contribution is -0.137. The van der Waals surface area contributed by atoms with Crippen LogP contribution in [0.4, 0.5) is 5.69 Å². The molecule has 0 amide bonds. The highest BCUT2D eigenvalue weighted by Crippen LogP contribution is 2.41. The lowest BCUT2D eigenvalue weighted by Crippen LogP contribution is -2.38. The number of hydrogen-bond acceptors (Lipinski definition) is 5. The third kappa shape index (κ3) is 3.62. The molecule has 1 aromatic carbocycles. The van der Waals surface area contributed by atoms with Crippen LogP contribution < -0.4 is 4.90 Å². The number of hydrogen-bond donors (Lipinski definition) is 2. The summed E-state index contributed by atoms with van der Waals surface area (Å²) < 4.78 is 4.86. The average Bonchev–Trinajstić information content (AvgIpc) is 2.88. The minimum Gasteiger partial charge on any atom is -0.462 e. The van der Waals surface area contributed by atoms with Crippen LogP contribution >= 0.6 is 23.2 Å². The molecule has 140 valence electrons. The number of aliphatic hydroxyl groups is 2. The van der Waals surface area contributed by atoms with Gasteiger partial charge in [0.15, 0.2) is 12.5 Å². The maximum absolute atomic E-state index is 11.7.